The average molecular weight is 390 g/mol. The number of para-hydroxylation sites is 1. The van der Waals surface area contributed by atoms with Crippen LogP contribution in [0.5, 0.6) is 0 Å². The molecule has 0 amide bonds. The van der Waals surface area contributed by atoms with Crippen molar-refractivity contribution >= 4 is 17.6 Å². The summed E-state index contributed by atoms with van der Waals surface area (Å²) >= 11 is 0. The van der Waals surface area contributed by atoms with Gasteiger partial charge in [0.1, 0.15) is 6.61 Å². The highest BCUT2D eigenvalue weighted by atomic mass is 16.6. The van der Waals surface area contributed by atoms with E-state index in [0.29, 0.717) is 11.4 Å². The van der Waals surface area contributed by atoms with E-state index in [1.165, 1.54) is 32.2 Å². The van der Waals surface area contributed by atoms with Crippen molar-refractivity contribution in [2.24, 2.45) is 0 Å². The van der Waals surface area contributed by atoms with Gasteiger partial charge in [-0.05, 0) is 20.8 Å². The number of hydrogen-bond acceptors (Lipinski definition) is 8. The van der Waals surface area contributed by atoms with Crippen molar-refractivity contribution < 1.29 is 29.1 Å². The Bertz CT molecular complexity index is 871. The van der Waals surface area contributed by atoms with E-state index < -0.39 is 28.9 Å². The van der Waals surface area contributed by atoms with Gasteiger partial charge in [-0.3, -0.25) is 10.1 Å². The van der Waals surface area contributed by atoms with Crippen molar-refractivity contribution in [3.05, 3.63) is 62.5 Å². The Balaban J connectivity index is 2.69. The number of methoxy groups -OCH3 is 1. The third-order valence-corrected chi connectivity index (χ3v) is 4.29. The van der Waals surface area contributed by atoms with Gasteiger partial charge in [-0.15, -0.1) is 0 Å². The quantitative estimate of drug-likeness (QED) is 0.428. The number of ether oxygens (including phenoxy) is 2. The lowest BCUT2D eigenvalue weighted by molar-refractivity contribution is -0.385. The zero-order valence-electron chi connectivity index (χ0n) is 16.0. The van der Waals surface area contributed by atoms with Crippen LogP contribution in [0.1, 0.15) is 32.3 Å². The summed E-state index contributed by atoms with van der Waals surface area (Å²) in [6, 6.07) is 5.87. The van der Waals surface area contributed by atoms with Gasteiger partial charge in [-0.2, -0.15) is 0 Å². The van der Waals surface area contributed by atoms with E-state index in [2.05, 4.69) is 5.32 Å². The molecule has 0 aromatic heterocycles. The normalized spacial score (nSPS) is 17.7. The van der Waals surface area contributed by atoms with Crippen molar-refractivity contribution in [2.75, 3.05) is 13.7 Å². The SMILES string of the molecule is COC(=O)C1=C(C)NC(C)=C(C(=O)OC[C@H](C)O)[C@@H]1c1ccccc1[N+](=O)[O-]. The fourth-order valence-electron chi connectivity index (χ4n) is 3.13. The molecule has 9 heteroatoms. The van der Waals surface area contributed by atoms with Crippen LogP contribution >= 0.6 is 0 Å². The third kappa shape index (κ3) is 4.20. The van der Waals surface area contributed by atoms with Crippen molar-refractivity contribution in [1.29, 1.82) is 0 Å². The molecule has 0 aliphatic carbocycles. The summed E-state index contributed by atoms with van der Waals surface area (Å²) < 4.78 is 9.98. The van der Waals surface area contributed by atoms with Crippen LogP contribution in [0.2, 0.25) is 0 Å². The smallest absolute Gasteiger partial charge is 0.336 e. The van der Waals surface area contributed by atoms with E-state index in [-0.39, 0.29) is 29.0 Å². The molecule has 0 spiro atoms. The number of dihydropyridines is 1. The number of carbonyl (C=O) groups is 2. The topological polar surface area (TPSA) is 128 Å². The summed E-state index contributed by atoms with van der Waals surface area (Å²) in [5.74, 6) is -2.57. The molecule has 0 unspecified atom stereocenters. The van der Waals surface area contributed by atoms with Gasteiger partial charge in [0, 0.05) is 23.0 Å². The Kier molecular flexibility index (Phi) is 6.53. The Morgan fingerprint density at radius 1 is 1.21 bits per heavy atom. The Labute approximate surface area is 161 Å². The minimum Gasteiger partial charge on any atom is -0.466 e. The summed E-state index contributed by atoms with van der Waals surface area (Å²) in [6.45, 7) is 4.43. The number of nitrogens with one attached hydrogen (secondary N) is 1. The number of allylic oxidation sites excluding steroid dienone is 2. The number of hydrogen-bond donors (Lipinski definition) is 2. The number of aliphatic hydroxyl groups excluding tert-OH is 1. The molecule has 1 aliphatic rings. The molecule has 2 N–H and O–H groups in total. The lowest BCUT2D eigenvalue weighted by Crippen LogP contribution is -2.33. The standard InChI is InChI=1S/C19H22N2O7/c1-10(22)9-28-19(24)16-12(3)20-11(2)15(18(23)27-4)17(16)13-7-5-6-8-14(13)21(25)26/h5-8,10,17,20,22H,9H2,1-4H3/t10-,17+/m0/s1. The van der Waals surface area contributed by atoms with Gasteiger partial charge in [-0.1, -0.05) is 18.2 Å². The van der Waals surface area contributed by atoms with Crippen molar-refractivity contribution in [3.63, 3.8) is 0 Å². The molecule has 1 heterocycles. The Hall–Kier alpha value is -3.20. The fraction of sp³-hybridized carbons (Fsp3) is 0.368. The number of carbonyl (C=O) groups excluding carboxylic acids is 2. The van der Waals surface area contributed by atoms with E-state index in [9.17, 15) is 24.8 Å². The molecule has 0 radical (unpaired) electrons. The number of nitrogens with zero attached hydrogens (tertiary/aromatic N) is 1. The molecule has 1 aromatic carbocycles. The fourth-order valence-corrected chi connectivity index (χ4v) is 3.13. The van der Waals surface area contributed by atoms with E-state index in [0.717, 1.165) is 0 Å². The molecule has 0 fully saturated rings. The predicted molar refractivity (Wildman–Crippen MR) is 99.0 cm³/mol. The number of benzene rings is 1. The molecule has 2 rings (SSSR count). The molecular formula is C19H22N2O7. The molecule has 1 aliphatic heterocycles. The Morgan fingerprint density at radius 3 is 2.32 bits per heavy atom. The number of esters is 2. The van der Waals surface area contributed by atoms with Crippen LogP contribution in [0.15, 0.2) is 46.8 Å². The monoisotopic (exact) mass is 390 g/mol. The van der Waals surface area contributed by atoms with Gasteiger partial charge < -0.3 is 19.9 Å². The zero-order valence-corrected chi connectivity index (χ0v) is 16.0. The van der Waals surface area contributed by atoms with Crippen molar-refractivity contribution in [2.45, 2.75) is 32.8 Å². The molecule has 9 nitrogen and oxygen atoms in total. The van der Waals surface area contributed by atoms with E-state index in [1.807, 2.05) is 0 Å². The molecule has 0 bridgehead atoms. The van der Waals surface area contributed by atoms with Gasteiger partial charge in [0.15, 0.2) is 0 Å². The second kappa shape index (κ2) is 8.66. The maximum absolute atomic E-state index is 12.8. The maximum Gasteiger partial charge on any atom is 0.336 e. The highest BCUT2D eigenvalue weighted by Gasteiger charge is 2.40. The van der Waals surface area contributed by atoms with Crippen LogP contribution in [0.3, 0.4) is 0 Å². The second-order valence-corrected chi connectivity index (χ2v) is 6.39. The zero-order chi connectivity index (χ0) is 21.0. The van der Waals surface area contributed by atoms with Crippen LogP contribution in [0, 0.1) is 10.1 Å². The number of aliphatic hydroxyl groups is 1. The molecule has 0 saturated heterocycles. The molecule has 2 atom stereocenters. The van der Waals surface area contributed by atoms with Gasteiger partial charge in [0.05, 0.1) is 35.2 Å². The summed E-state index contributed by atoms with van der Waals surface area (Å²) in [6.07, 6.45) is -0.886. The van der Waals surface area contributed by atoms with Crippen LogP contribution in [0.4, 0.5) is 5.69 Å². The van der Waals surface area contributed by atoms with Gasteiger partial charge >= 0.3 is 11.9 Å². The first-order valence-corrected chi connectivity index (χ1v) is 8.54. The van der Waals surface area contributed by atoms with Crippen LogP contribution < -0.4 is 5.32 Å². The minimum absolute atomic E-state index is 0.0425. The lowest BCUT2D eigenvalue weighted by atomic mass is 9.79. The first-order chi connectivity index (χ1) is 13.2. The van der Waals surface area contributed by atoms with E-state index >= 15 is 0 Å². The summed E-state index contributed by atoms with van der Waals surface area (Å²) in [7, 11) is 1.19. The number of rotatable bonds is 6. The van der Waals surface area contributed by atoms with Crippen LogP contribution in [-0.4, -0.2) is 41.8 Å². The van der Waals surface area contributed by atoms with Crippen LogP contribution in [0.25, 0.3) is 0 Å². The first kappa shape index (κ1) is 21.1. The van der Waals surface area contributed by atoms with Crippen LogP contribution in [-0.2, 0) is 19.1 Å². The third-order valence-electron chi connectivity index (χ3n) is 4.29. The molecule has 1 aromatic rings. The lowest BCUT2D eigenvalue weighted by Gasteiger charge is -2.30. The molecule has 150 valence electrons. The van der Waals surface area contributed by atoms with E-state index in [4.69, 9.17) is 9.47 Å². The maximum atomic E-state index is 12.8. The largest absolute Gasteiger partial charge is 0.466 e. The average Bonchev–Trinajstić information content (AvgIpc) is 2.64. The van der Waals surface area contributed by atoms with Gasteiger partial charge in [-0.25, -0.2) is 9.59 Å². The van der Waals surface area contributed by atoms with Gasteiger partial charge in [0.25, 0.3) is 5.69 Å². The summed E-state index contributed by atoms with van der Waals surface area (Å²) in [5, 5.41) is 23.9. The molecule has 0 saturated carbocycles. The highest BCUT2D eigenvalue weighted by Crippen LogP contribution is 2.42. The minimum atomic E-state index is -1.06. The summed E-state index contributed by atoms with van der Waals surface area (Å²) in [5.41, 5.74) is 0.852. The van der Waals surface area contributed by atoms with Crippen molar-refractivity contribution in [3.8, 4) is 0 Å². The van der Waals surface area contributed by atoms with Gasteiger partial charge in [0.2, 0.25) is 0 Å². The van der Waals surface area contributed by atoms with Crippen molar-refractivity contribution in [1.82, 2.24) is 5.32 Å². The Morgan fingerprint density at radius 2 is 1.79 bits per heavy atom. The molecular weight excluding hydrogens is 368 g/mol. The number of nitro groups is 1. The predicted octanol–water partition coefficient (Wildman–Crippen LogP) is 1.93. The highest BCUT2D eigenvalue weighted by molar-refractivity contribution is 6.00. The molecule has 28 heavy (non-hydrogen) atoms. The number of nitro benzene ring substituents is 1. The summed E-state index contributed by atoms with van der Waals surface area (Å²) in [4.78, 5) is 36.2. The first-order valence-electron chi connectivity index (χ1n) is 8.54. The second-order valence-electron chi connectivity index (χ2n) is 6.39. The van der Waals surface area contributed by atoms with E-state index in [1.54, 1.807) is 19.9 Å².